The summed E-state index contributed by atoms with van der Waals surface area (Å²) < 4.78 is 1.62. The van der Waals surface area contributed by atoms with Gasteiger partial charge in [-0.1, -0.05) is 13.8 Å². The van der Waals surface area contributed by atoms with Gasteiger partial charge in [-0.05, 0) is 18.9 Å². The number of likely N-dealkylation sites (tertiary alicyclic amines) is 1. The Labute approximate surface area is 163 Å². The molecule has 7 nitrogen and oxygen atoms in total. The first-order valence-corrected chi connectivity index (χ1v) is 10.3. The Kier molecular flexibility index (Phi) is 6.26. The normalized spacial score (nSPS) is 17.3. The van der Waals surface area contributed by atoms with Crippen molar-refractivity contribution >= 4 is 23.2 Å². The fraction of sp³-hybridized carbons (Fsp3) is 0.579. The zero-order valence-electron chi connectivity index (χ0n) is 16.1. The van der Waals surface area contributed by atoms with Crippen molar-refractivity contribution in [3.63, 3.8) is 0 Å². The number of carbonyl (C=O) groups is 2. The van der Waals surface area contributed by atoms with Crippen LogP contribution in [0.5, 0.6) is 0 Å². The highest BCUT2D eigenvalue weighted by molar-refractivity contribution is 7.09. The Balaban J connectivity index is 1.57. The molecule has 0 aromatic carbocycles. The predicted octanol–water partition coefficient (Wildman–Crippen LogP) is 2.21. The second kappa shape index (κ2) is 8.65. The van der Waals surface area contributed by atoms with Gasteiger partial charge in [0, 0.05) is 56.5 Å². The van der Waals surface area contributed by atoms with Gasteiger partial charge in [-0.2, -0.15) is 5.10 Å². The molecule has 1 saturated heterocycles. The van der Waals surface area contributed by atoms with Crippen LogP contribution in [0.4, 0.5) is 0 Å². The quantitative estimate of drug-likeness (QED) is 0.821. The summed E-state index contributed by atoms with van der Waals surface area (Å²) in [6, 6.07) is 1.76. The Hall–Kier alpha value is -2.22. The highest BCUT2D eigenvalue weighted by Crippen LogP contribution is 2.30. The number of rotatable bonds is 6. The van der Waals surface area contributed by atoms with Crippen molar-refractivity contribution in [1.82, 2.24) is 25.0 Å². The van der Waals surface area contributed by atoms with E-state index in [1.54, 1.807) is 35.3 Å². The van der Waals surface area contributed by atoms with Crippen molar-refractivity contribution in [1.29, 1.82) is 0 Å². The van der Waals surface area contributed by atoms with Crippen LogP contribution in [0.25, 0.3) is 0 Å². The van der Waals surface area contributed by atoms with Crippen molar-refractivity contribution in [2.45, 2.75) is 39.0 Å². The molecule has 1 N–H and O–H groups in total. The van der Waals surface area contributed by atoms with E-state index in [1.807, 2.05) is 18.7 Å². The van der Waals surface area contributed by atoms with Crippen LogP contribution in [-0.4, -0.2) is 51.1 Å². The molecule has 146 valence electrons. The van der Waals surface area contributed by atoms with E-state index in [2.05, 4.69) is 15.8 Å². The smallest absolute Gasteiger partial charge is 0.272 e. The van der Waals surface area contributed by atoms with Crippen molar-refractivity contribution in [2.75, 3.05) is 19.6 Å². The van der Waals surface area contributed by atoms with Gasteiger partial charge in [-0.3, -0.25) is 14.3 Å². The van der Waals surface area contributed by atoms with Gasteiger partial charge in [0.25, 0.3) is 5.91 Å². The highest BCUT2D eigenvalue weighted by Gasteiger charge is 2.28. The molecule has 27 heavy (non-hydrogen) atoms. The molecule has 3 heterocycles. The molecule has 0 aliphatic carbocycles. The number of nitrogens with one attached hydrogen (secondary N) is 1. The first-order valence-electron chi connectivity index (χ1n) is 9.45. The Morgan fingerprint density at radius 1 is 1.41 bits per heavy atom. The number of nitrogens with zero attached hydrogens (tertiary/aromatic N) is 4. The summed E-state index contributed by atoms with van der Waals surface area (Å²) in [4.78, 5) is 31.0. The molecule has 0 bridgehead atoms. The average molecular weight is 390 g/mol. The number of amides is 2. The van der Waals surface area contributed by atoms with E-state index in [4.69, 9.17) is 4.98 Å². The molecular formula is C19H27N5O2S. The first-order chi connectivity index (χ1) is 13.0. The third-order valence-corrected chi connectivity index (χ3v) is 5.93. The second-order valence-corrected chi connectivity index (χ2v) is 8.19. The van der Waals surface area contributed by atoms with Gasteiger partial charge in [0.05, 0.1) is 10.7 Å². The topological polar surface area (TPSA) is 80.1 Å². The second-order valence-electron chi connectivity index (χ2n) is 7.30. The fourth-order valence-electron chi connectivity index (χ4n) is 3.25. The molecule has 1 aliphatic rings. The van der Waals surface area contributed by atoms with Gasteiger partial charge in [-0.15, -0.1) is 11.3 Å². The fourth-order valence-corrected chi connectivity index (χ4v) is 4.23. The van der Waals surface area contributed by atoms with E-state index in [-0.39, 0.29) is 23.7 Å². The minimum Gasteiger partial charge on any atom is -0.355 e. The molecular weight excluding hydrogens is 362 g/mol. The third-order valence-electron chi connectivity index (χ3n) is 4.87. The predicted molar refractivity (Wildman–Crippen MR) is 105 cm³/mol. The number of hydrogen-bond acceptors (Lipinski definition) is 5. The Bertz CT molecular complexity index is 798. The lowest BCUT2D eigenvalue weighted by Gasteiger charge is -2.31. The zero-order chi connectivity index (χ0) is 19.4. The van der Waals surface area contributed by atoms with Crippen LogP contribution < -0.4 is 5.32 Å². The average Bonchev–Trinajstić information content (AvgIpc) is 3.30. The van der Waals surface area contributed by atoms with E-state index >= 15 is 0 Å². The molecule has 3 rings (SSSR count). The van der Waals surface area contributed by atoms with Gasteiger partial charge in [-0.25, -0.2) is 4.98 Å². The number of aryl methyl sites for hydroxylation is 1. The lowest BCUT2D eigenvalue weighted by Crippen LogP contribution is -2.39. The summed E-state index contributed by atoms with van der Waals surface area (Å²) in [5, 5.41) is 10.2. The number of thiazole rings is 1. The summed E-state index contributed by atoms with van der Waals surface area (Å²) in [6.45, 7) is 5.85. The summed E-state index contributed by atoms with van der Waals surface area (Å²) in [5.41, 5.74) is 1.63. The molecule has 0 radical (unpaired) electrons. The number of carbonyl (C=O) groups excluding carboxylic acids is 2. The van der Waals surface area contributed by atoms with Crippen molar-refractivity contribution in [3.8, 4) is 0 Å². The van der Waals surface area contributed by atoms with Crippen molar-refractivity contribution < 1.29 is 9.59 Å². The SMILES string of the molecule is CC(C)C(=O)NCCc1csc([C@H]2CCCN(C(=O)c3ccnn3C)C2)n1. The van der Waals surface area contributed by atoms with Gasteiger partial charge < -0.3 is 10.2 Å². The van der Waals surface area contributed by atoms with Gasteiger partial charge in [0.2, 0.25) is 5.91 Å². The van der Waals surface area contributed by atoms with Crippen LogP contribution in [0.1, 0.15) is 53.8 Å². The third kappa shape index (κ3) is 4.74. The lowest BCUT2D eigenvalue weighted by molar-refractivity contribution is -0.123. The first kappa shape index (κ1) is 19.5. The zero-order valence-corrected chi connectivity index (χ0v) is 17.0. The lowest BCUT2D eigenvalue weighted by atomic mass is 9.98. The van der Waals surface area contributed by atoms with Crippen molar-refractivity contribution in [2.24, 2.45) is 13.0 Å². The van der Waals surface area contributed by atoms with Crippen LogP contribution >= 0.6 is 11.3 Å². The Morgan fingerprint density at radius 3 is 2.93 bits per heavy atom. The van der Waals surface area contributed by atoms with Gasteiger partial charge in [0.15, 0.2) is 0 Å². The summed E-state index contributed by atoms with van der Waals surface area (Å²) in [5.74, 6) is 0.385. The molecule has 1 aliphatic heterocycles. The molecule has 2 amide bonds. The molecule has 1 fully saturated rings. The van der Waals surface area contributed by atoms with E-state index in [0.29, 0.717) is 18.8 Å². The Morgan fingerprint density at radius 2 is 2.22 bits per heavy atom. The number of piperidine rings is 1. The molecule has 0 spiro atoms. The van der Waals surface area contributed by atoms with Crippen LogP contribution in [0.2, 0.25) is 0 Å². The van der Waals surface area contributed by atoms with E-state index in [9.17, 15) is 9.59 Å². The van der Waals surface area contributed by atoms with E-state index < -0.39 is 0 Å². The van der Waals surface area contributed by atoms with Crippen LogP contribution in [-0.2, 0) is 18.3 Å². The van der Waals surface area contributed by atoms with Crippen LogP contribution in [0.15, 0.2) is 17.6 Å². The maximum Gasteiger partial charge on any atom is 0.272 e. The number of aromatic nitrogens is 3. The standard InChI is InChI=1S/C19H27N5O2S/c1-13(2)17(25)20-8-6-15-12-27-18(22-15)14-5-4-10-24(11-14)19(26)16-7-9-21-23(16)3/h7,9,12-14H,4-6,8,10-11H2,1-3H3,(H,20,25)/t14-/m0/s1. The minimum atomic E-state index is 0.00109. The summed E-state index contributed by atoms with van der Waals surface area (Å²) in [7, 11) is 1.79. The minimum absolute atomic E-state index is 0.00109. The molecule has 2 aromatic heterocycles. The largest absolute Gasteiger partial charge is 0.355 e. The van der Waals surface area contributed by atoms with Crippen LogP contribution in [0, 0.1) is 5.92 Å². The van der Waals surface area contributed by atoms with Gasteiger partial charge in [0.1, 0.15) is 5.69 Å². The summed E-state index contributed by atoms with van der Waals surface area (Å²) >= 11 is 1.66. The molecule has 0 unspecified atom stereocenters. The number of hydrogen-bond donors (Lipinski definition) is 1. The molecule has 2 aromatic rings. The highest BCUT2D eigenvalue weighted by atomic mass is 32.1. The summed E-state index contributed by atoms with van der Waals surface area (Å²) in [6.07, 6.45) is 4.42. The molecule has 8 heteroatoms. The van der Waals surface area contributed by atoms with E-state index in [0.717, 1.165) is 36.5 Å². The molecule has 0 saturated carbocycles. The van der Waals surface area contributed by atoms with Gasteiger partial charge >= 0.3 is 0 Å². The van der Waals surface area contributed by atoms with Crippen molar-refractivity contribution in [3.05, 3.63) is 34.0 Å². The maximum absolute atomic E-state index is 12.7. The van der Waals surface area contributed by atoms with E-state index in [1.165, 1.54) is 0 Å². The molecule has 1 atom stereocenters. The monoisotopic (exact) mass is 389 g/mol. The maximum atomic E-state index is 12.7. The van der Waals surface area contributed by atoms with Crippen LogP contribution in [0.3, 0.4) is 0 Å².